The molecule has 0 radical (unpaired) electrons. The van der Waals surface area contributed by atoms with Crippen LogP contribution in [-0.2, 0) is 14.1 Å². The van der Waals surface area contributed by atoms with Crippen LogP contribution in [0.2, 0.25) is 0 Å². The molecule has 1 amide bonds. The van der Waals surface area contributed by atoms with Gasteiger partial charge in [-0.1, -0.05) is 30.3 Å². The summed E-state index contributed by atoms with van der Waals surface area (Å²) in [4.78, 5) is 42.4. The smallest absolute Gasteiger partial charge is 0.332 e. The second-order valence-electron chi connectivity index (χ2n) is 6.81. The van der Waals surface area contributed by atoms with Crippen LogP contribution in [0.25, 0.3) is 21.8 Å². The average molecular weight is 404 g/mol. The second kappa shape index (κ2) is 7.47. The number of carbonyl (C=O) groups excluding carboxylic acids is 1. The Morgan fingerprint density at radius 2 is 1.83 bits per heavy atom. The van der Waals surface area contributed by atoms with Crippen molar-refractivity contribution in [2.24, 2.45) is 14.1 Å². The molecule has 0 aliphatic carbocycles. The van der Waals surface area contributed by atoms with Gasteiger partial charge in [-0.3, -0.25) is 18.7 Å². The number of hydrogen-bond donors (Lipinski definition) is 1. The number of benzene rings is 2. The minimum Gasteiger partial charge on any atom is -0.493 e. The lowest BCUT2D eigenvalue weighted by Gasteiger charge is -2.15. The topological polar surface area (TPSA) is 95.2 Å². The molecule has 30 heavy (non-hydrogen) atoms. The fourth-order valence-electron chi connectivity index (χ4n) is 3.54. The fourth-order valence-corrected chi connectivity index (χ4v) is 3.54. The number of hydrogen-bond acceptors (Lipinski definition) is 5. The van der Waals surface area contributed by atoms with E-state index in [-0.39, 0.29) is 16.7 Å². The molecular weight excluding hydrogens is 384 g/mol. The van der Waals surface area contributed by atoms with Crippen molar-refractivity contribution in [2.75, 3.05) is 11.9 Å². The summed E-state index contributed by atoms with van der Waals surface area (Å²) in [6, 6.07) is 12.7. The maximum Gasteiger partial charge on any atom is 0.332 e. The average Bonchev–Trinajstić information content (AvgIpc) is 2.76. The van der Waals surface area contributed by atoms with Crippen LogP contribution >= 0.6 is 0 Å². The van der Waals surface area contributed by atoms with Crippen molar-refractivity contribution in [3.05, 3.63) is 75.1 Å². The summed E-state index contributed by atoms with van der Waals surface area (Å²) in [5.74, 6) is 0.0334. The lowest BCUT2D eigenvalue weighted by atomic mass is 10.0. The zero-order chi connectivity index (χ0) is 21.4. The number of aryl methyl sites for hydroxylation is 1. The molecule has 0 saturated heterocycles. The molecule has 2 aromatic heterocycles. The van der Waals surface area contributed by atoms with Gasteiger partial charge in [0, 0.05) is 20.3 Å². The molecule has 8 heteroatoms. The largest absolute Gasteiger partial charge is 0.493 e. The first kappa shape index (κ1) is 19.4. The number of rotatable bonds is 4. The van der Waals surface area contributed by atoms with Gasteiger partial charge in [0.05, 0.1) is 17.9 Å². The predicted molar refractivity (Wildman–Crippen MR) is 115 cm³/mol. The van der Waals surface area contributed by atoms with Crippen LogP contribution in [0.3, 0.4) is 0 Å². The molecule has 0 atom stereocenters. The summed E-state index contributed by atoms with van der Waals surface area (Å²) < 4.78 is 7.95. The Balaban J connectivity index is 1.90. The first-order valence-corrected chi connectivity index (χ1v) is 9.44. The third-order valence-corrected chi connectivity index (χ3v) is 5.01. The summed E-state index contributed by atoms with van der Waals surface area (Å²) in [6.07, 6.45) is 1.45. The Labute approximate surface area is 171 Å². The van der Waals surface area contributed by atoms with Crippen molar-refractivity contribution < 1.29 is 9.53 Å². The molecule has 4 aromatic rings. The molecule has 4 rings (SSSR count). The normalized spacial score (nSPS) is 11.0. The minimum atomic E-state index is -0.528. The highest BCUT2D eigenvalue weighted by molar-refractivity contribution is 6.16. The Morgan fingerprint density at radius 1 is 1.07 bits per heavy atom. The first-order valence-electron chi connectivity index (χ1n) is 9.44. The molecule has 0 aliphatic heterocycles. The number of aromatic nitrogens is 3. The second-order valence-corrected chi connectivity index (χ2v) is 6.81. The Bertz CT molecular complexity index is 1420. The predicted octanol–water partition coefficient (Wildman–Crippen LogP) is 2.44. The summed E-state index contributed by atoms with van der Waals surface area (Å²) in [6.45, 7) is 2.25. The molecule has 0 saturated carbocycles. The summed E-state index contributed by atoms with van der Waals surface area (Å²) in [5.41, 5.74) is -0.169. The van der Waals surface area contributed by atoms with Crippen molar-refractivity contribution in [3.8, 4) is 5.75 Å². The van der Waals surface area contributed by atoms with Gasteiger partial charge in [0.2, 0.25) is 0 Å². The number of ether oxygens (including phenoxy) is 1. The van der Waals surface area contributed by atoms with Crippen molar-refractivity contribution in [1.82, 2.24) is 14.1 Å². The zero-order valence-electron chi connectivity index (χ0n) is 16.8. The summed E-state index contributed by atoms with van der Waals surface area (Å²) in [7, 11) is 2.92. The molecule has 8 nitrogen and oxygen atoms in total. The zero-order valence-corrected chi connectivity index (χ0v) is 16.8. The van der Waals surface area contributed by atoms with E-state index in [1.165, 1.54) is 30.9 Å². The van der Waals surface area contributed by atoms with Gasteiger partial charge in [0.1, 0.15) is 11.1 Å². The van der Waals surface area contributed by atoms with Gasteiger partial charge in [-0.05, 0) is 29.8 Å². The first-order chi connectivity index (χ1) is 14.4. The van der Waals surface area contributed by atoms with Gasteiger partial charge in [-0.2, -0.15) is 0 Å². The number of anilines is 1. The number of nitrogens with one attached hydrogen (secondary N) is 1. The van der Waals surface area contributed by atoms with E-state index in [4.69, 9.17) is 4.74 Å². The molecule has 0 bridgehead atoms. The SMILES string of the molecule is CCOc1ccc2ccccc2c1C(=O)Nc1ccnc2c1c(=O)n(C)c(=O)n2C. The van der Waals surface area contributed by atoms with Crippen molar-refractivity contribution in [1.29, 1.82) is 0 Å². The Kier molecular flexibility index (Phi) is 4.83. The lowest BCUT2D eigenvalue weighted by Crippen LogP contribution is -2.37. The number of fused-ring (bicyclic) bond motifs is 2. The molecule has 2 heterocycles. The quantitative estimate of drug-likeness (QED) is 0.564. The third-order valence-electron chi connectivity index (χ3n) is 5.01. The van der Waals surface area contributed by atoms with Crippen LogP contribution in [0.4, 0.5) is 5.69 Å². The van der Waals surface area contributed by atoms with E-state index in [1.54, 1.807) is 6.07 Å². The van der Waals surface area contributed by atoms with E-state index < -0.39 is 17.2 Å². The van der Waals surface area contributed by atoms with Crippen LogP contribution in [0, 0.1) is 0 Å². The minimum absolute atomic E-state index is 0.161. The number of carbonyl (C=O) groups is 1. The standard InChI is InChI=1S/C22H20N4O4/c1-4-30-16-10-9-13-7-5-6-8-14(13)17(16)20(27)24-15-11-12-23-19-18(15)21(28)26(3)22(29)25(19)2/h5-12H,4H2,1-3H3,(H,23,24,27). The Morgan fingerprint density at radius 3 is 2.60 bits per heavy atom. The summed E-state index contributed by atoms with van der Waals surface area (Å²) in [5, 5.41) is 4.61. The van der Waals surface area contributed by atoms with Crippen LogP contribution in [0.15, 0.2) is 58.3 Å². The molecule has 0 unspecified atom stereocenters. The molecule has 0 fully saturated rings. The van der Waals surface area contributed by atoms with E-state index in [9.17, 15) is 14.4 Å². The van der Waals surface area contributed by atoms with Crippen LogP contribution in [-0.4, -0.2) is 26.6 Å². The molecule has 152 valence electrons. The maximum absolute atomic E-state index is 13.3. The highest BCUT2D eigenvalue weighted by Gasteiger charge is 2.20. The molecule has 0 aliphatic rings. The number of pyridine rings is 1. The monoisotopic (exact) mass is 404 g/mol. The van der Waals surface area contributed by atoms with Gasteiger partial charge in [0.15, 0.2) is 5.65 Å². The summed E-state index contributed by atoms with van der Waals surface area (Å²) >= 11 is 0. The van der Waals surface area contributed by atoms with Crippen LogP contribution in [0.5, 0.6) is 5.75 Å². The van der Waals surface area contributed by atoms with E-state index in [0.717, 1.165) is 15.3 Å². The van der Waals surface area contributed by atoms with Crippen molar-refractivity contribution >= 4 is 33.4 Å². The van der Waals surface area contributed by atoms with E-state index >= 15 is 0 Å². The Hall–Kier alpha value is -3.94. The maximum atomic E-state index is 13.3. The third kappa shape index (κ3) is 3.02. The molecule has 2 aromatic carbocycles. The number of amides is 1. The highest BCUT2D eigenvalue weighted by atomic mass is 16.5. The van der Waals surface area contributed by atoms with Crippen LogP contribution in [0.1, 0.15) is 17.3 Å². The van der Waals surface area contributed by atoms with Gasteiger partial charge < -0.3 is 10.1 Å². The van der Waals surface area contributed by atoms with E-state index in [0.29, 0.717) is 17.9 Å². The number of nitrogens with zero attached hydrogens (tertiary/aromatic N) is 3. The van der Waals surface area contributed by atoms with Gasteiger partial charge >= 0.3 is 5.69 Å². The highest BCUT2D eigenvalue weighted by Crippen LogP contribution is 2.29. The molecule has 0 spiro atoms. The van der Waals surface area contributed by atoms with Gasteiger partial charge in [-0.25, -0.2) is 9.78 Å². The van der Waals surface area contributed by atoms with Crippen molar-refractivity contribution in [2.45, 2.75) is 6.92 Å². The van der Waals surface area contributed by atoms with Crippen LogP contribution < -0.4 is 21.3 Å². The van der Waals surface area contributed by atoms with E-state index in [2.05, 4.69) is 10.3 Å². The fraction of sp³-hybridized carbons (Fsp3) is 0.182. The van der Waals surface area contributed by atoms with Gasteiger partial charge in [0.25, 0.3) is 11.5 Å². The molecule has 1 N–H and O–H groups in total. The molecular formula is C22H20N4O4. The van der Waals surface area contributed by atoms with E-state index in [1.807, 2.05) is 37.3 Å². The van der Waals surface area contributed by atoms with Crippen molar-refractivity contribution in [3.63, 3.8) is 0 Å². The lowest BCUT2D eigenvalue weighted by molar-refractivity contribution is 0.102. The van der Waals surface area contributed by atoms with Gasteiger partial charge in [-0.15, -0.1) is 0 Å².